The molecule has 172 valence electrons. The summed E-state index contributed by atoms with van der Waals surface area (Å²) in [6, 6.07) is 9.83. The van der Waals surface area contributed by atoms with Crippen LogP contribution >= 0.6 is 0 Å². The van der Waals surface area contributed by atoms with Crippen LogP contribution in [0.15, 0.2) is 42.5 Å². The molecule has 0 radical (unpaired) electrons. The molecule has 0 saturated carbocycles. The molecular weight excluding hydrogens is 418 g/mol. The number of amides is 1. The van der Waals surface area contributed by atoms with Gasteiger partial charge in [-0.2, -0.15) is 0 Å². The second kappa shape index (κ2) is 12.2. The van der Waals surface area contributed by atoms with Crippen LogP contribution in [-0.4, -0.2) is 29.0 Å². The van der Waals surface area contributed by atoms with Gasteiger partial charge >= 0.3 is 0 Å². The molecule has 0 fully saturated rings. The third kappa shape index (κ3) is 7.53. The summed E-state index contributed by atoms with van der Waals surface area (Å²) in [5, 5.41) is 24.3. The highest BCUT2D eigenvalue weighted by atomic mass is 16.6. The van der Waals surface area contributed by atoms with E-state index >= 15 is 0 Å². The van der Waals surface area contributed by atoms with E-state index in [4.69, 9.17) is 9.47 Å². The quantitative estimate of drug-likeness (QED) is 0.334. The lowest BCUT2D eigenvalue weighted by atomic mass is 10.0. The fourth-order valence-electron chi connectivity index (χ4n) is 2.97. The number of carbonyl (C=O) groups is 1. The fourth-order valence-corrected chi connectivity index (χ4v) is 2.97. The van der Waals surface area contributed by atoms with Crippen molar-refractivity contribution in [1.29, 1.82) is 0 Å². The van der Waals surface area contributed by atoms with Crippen LogP contribution in [0, 0.1) is 26.1 Å². The molecule has 0 aromatic heterocycles. The molecule has 10 nitrogen and oxygen atoms in total. The van der Waals surface area contributed by atoms with Crippen LogP contribution in [0.3, 0.4) is 0 Å². The number of benzene rings is 2. The van der Waals surface area contributed by atoms with Crippen molar-refractivity contribution in [3.8, 4) is 11.5 Å². The first-order valence-corrected chi connectivity index (χ1v) is 10.4. The number of nitrogens with zero attached hydrogens (tertiary/aromatic N) is 2. The highest BCUT2D eigenvalue weighted by molar-refractivity contribution is 5.94. The molecule has 2 rings (SSSR count). The molecule has 1 amide bonds. The standard InChI is InChI=1S/C22H27N3O7/c1-3-5-6-16(4-2)14-31-18-8-10-19(11-9-18)32-15-22(26)23-20-12-7-17(24(27)28)13-21(20)25(29)30/h7-13,16H,3-6,14-15H2,1-2H3,(H,23,26). The number of ether oxygens (including phenoxy) is 2. The van der Waals surface area contributed by atoms with Crippen molar-refractivity contribution >= 4 is 23.0 Å². The second-order valence-corrected chi connectivity index (χ2v) is 7.25. The van der Waals surface area contributed by atoms with Gasteiger partial charge in [0.25, 0.3) is 17.3 Å². The van der Waals surface area contributed by atoms with Crippen LogP contribution in [0.4, 0.5) is 17.1 Å². The number of carbonyl (C=O) groups excluding carboxylic acids is 1. The zero-order valence-corrected chi connectivity index (χ0v) is 18.1. The molecule has 2 aromatic rings. The van der Waals surface area contributed by atoms with Crippen LogP contribution in [0.5, 0.6) is 11.5 Å². The van der Waals surface area contributed by atoms with E-state index in [1.54, 1.807) is 24.3 Å². The molecule has 32 heavy (non-hydrogen) atoms. The number of non-ortho nitro benzene ring substituents is 1. The van der Waals surface area contributed by atoms with Crippen LogP contribution in [0.2, 0.25) is 0 Å². The van der Waals surface area contributed by atoms with Crippen molar-refractivity contribution in [2.24, 2.45) is 5.92 Å². The van der Waals surface area contributed by atoms with Gasteiger partial charge in [0.2, 0.25) is 0 Å². The Bertz CT molecular complexity index is 932. The number of hydrogen-bond donors (Lipinski definition) is 1. The maximum atomic E-state index is 12.1. The van der Waals surface area contributed by atoms with Crippen molar-refractivity contribution < 1.29 is 24.1 Å². The molecule has 2 aromatic carbocycles. The lowest BCUT2D eigenvalue weighted by Gasteiger charge is -2.15. The SMILES string of the molecule is CCCCC(CC)COc1ccc(OCC(=O)Nc2ccc([N+](=O)[O-])cc2[N+](=O)[O-])cc1. The van der Waals surface area contributed by atoms with E-state index in [1.807, 2.05) is 0 Å². The fraction of sp³-hybridized carbons (Fsp3) is 0.409. The Morgan fingerprint density at radius 1 is 1.00 bits per heavy atom. The van der Waals surface area contributed by atoms with Gasteiger partial charge in [0.05, 0.1) is 22.5 Å². The first-order valence-electron chi connectivity index (χ1n) is 10.4. The lowest BCUT2D eigenvalue weighted by Crippen LogP contribution is -2.20. The first-order chi connectivity index (χ1) is 15.3. The number of nitro benzene ring substituents is 2. The third-order valence-electron chi connectivity index (χ3n) is 4.89. The zero-order chi connectivity index (χ0) is 23.5. The maximum Gasteiger partial charge on any atom is 0.299 e. The molecule has 1 N–H and O–H groups in total. The second-order valence-electron chi connectivity index (χ2n) is 7.25. The number of nitrogens with one attached hydrogen (secondary N) is 1. The lowest BCUT2D eigenvalue weighted by molar-refractivity contribution is -0.393. The van der Waals surface area contributed by atoms with E-state index in [2.05, 4.69) is 19.2 Å². The maximum absolute atomic E-state index is 12.1. The van der Waals surface area contributed by atoms with Crippen LogP contribution in [0.25, 0.3) is 0 Å². The average Bonchev–Trinajstić information content (AvgIpc) is 2.78. The topological polar surface area (TPSA) is 134 Å². The van der Waals surface area contributed by atoms with Gasteiger partial charge in [-0.3, -0.25) is 25.0 Å². The highest BCUT2D eigenvalue weighted by Crippen LogP contribution is 2.29. The van der Waals surface area contributed by atoms with Crippen LogP contribution in [-0.2, 0) is 4.79 Å². The van der Waals surface area contributed by atoms with Gasteiger partial charge in [-0.1, -0.05) is 33.1 Å². The Morgan fingerprint density at radius 3 is 2.22 bits per heavy atom. The summed E-state index contributed by atoms with van der Waals surface area (Å²) in [6.07, 6.45) is 4.53. The normalized spacial score (nSPS) is 11.4. The summed E-state index contributed by atoms with van der Waals surface area (Å²) in [6.45, 7) is 4.58. The van der Waals surface area contributed by atoms with E-state index in [9.17, 15) is 25.0 Å². The monoisotopic (exact) mass is 445 g/mol. The largest absolute Gasteiger partial charge is 0.493 e. The predicted molar refractivity (Wildman–Crippen MR) is 119 cm³/mol. The van der Waals surface area contributed by atoms with Gasteiger partial charge in [-0.05, 0) is 42.7 Å². The number of anilines is 1. The van der Waals surface area contributed by atoms with Gasteiger partial charge in [0, 0.05) is 6.07 Å². The average molecular weight is 445 g/mol. The molecular formula is C22H27N3O7. The summed E-state index contributed by atoms with van der Waals surface area (Å²) < 4.78 is 11.2. The van der Waals surface area contributed by atoms with Crippen molar-refractivity contribution in [3.05, 3.63) is 62.7 Å². The molecule has 0 aliphatic heterocycles. The Kier molecular flexibility index (Phi) is 9.40. The first kappa shape index (κ1) is 24.6. The van der Waals surface area contributed by atoms with Crippen LogP contribution in [0.1, 0.15) is 39.5 Å². The molecule has 0 saturated heterocycles. The van der Waals surface area contributed by atoms with Crippen LogP contribution < -0.4 is 14.8 Å². The zero-order valence-electron chi connectivity index (χ0n) is 18.1. The van der Waals surface area contributed by atoms with E-state index in [0.29, 0.717) is 24.0 Å². The van der Waals surface area contributed by atoms with Gasteiger partial charge in [-0.15, -0.1) is 0 Å². The minimum Gasteiger partial charge on any atom is -0.493 e. The minimum absolute atomic E-state index is 0.147. The van der Waals surface area contributed by atoms with Crippen molar-refractivity contribution in [3.63, 3.8) is 0 Å². The third-order valence-corrected chi connectivity index (χ3v) is 4.89. The van der Waals surface area contributed by atoms with Gasteiger partial charge in [0.1, 0.15) is 17.2 Å². The van der Waals surface area contributed by atoms with E-state index in [-0.39, 0.29) is 12.3 Å². The summed E-state index contributed by atoms with van der Waals surface area (Å²) >= 11 is 0. The number of nitro groups is 2. The van der Waals surface area contributed by atoms with Crippen molar-refractivity contribution in [1.82, 2.24) is 0 Å². The predicted octanol–water partition coefficient (Wildman–Crippen LogP) is 5.12. The van der Waals surface area contributed by atoms with Crippen molar-refractivity contribution in [2.45, 2.75) is 39.5 Å². The van der Waals surface area contributed by atoms with E-state index in [0.717, 1.165) is 37.5 Å². The molecule has 0 bridgehead atoms. The highest BCUT2D eigenvalue weighted by Gasteiger charge is 2.21. The van der Waals surface area contributed by atoms with Crippen molar-refractivity contribution in [2.75, 3.05) is 18.5 Å². The van der Waals surface area contributed by atoms with E-state index < -0.39 is 27.1 Å². The molecule has 0 aliphatic rings. The Labute approximate surface area is 185 Å². The molecule has 1 unspecified atom stereocenters. The van der Waals surface area contributed by atoms with Gasteiger partial charge in [-0.25, -0.2) is 0 Å². The molecule has 1 atom stereocenters. The summed E-state index contributed by atoms with van der Waals surface area (Å²) in [4.78, 5) is 32.5. The molecule has 0 aliphatic carbocycles. The molecule has 0 heterocycles. The number of hydrogen-bond acceptors (Lipinski definition) is 7. The van der Waals surface area contributed by atoms with E-state index in [1.165, 1.54) is 6.42 Å². The summed E-state index contributed by atoms with van der Waals surface area (Å²) in [5.74, 6) is 1.02. The summed E-state index contributed by atoms with van der Waals surface area (Å²) in [5.41, 5.74) is -1.16. The molecule has 10 heteroatoms. The Hall–Kier alpha value is -3.69. The Morgan fingerprint density at radius 2 is 1.66 bits per heavy atom. The smallest absolute Gasteiger partial charge is 0.299 e. The molecule has 0 spiro atoms. The Balaban J connectivity index is 1.88. The number of unbranched alkanes of at least 4 members (excludes halogenated alkanes) is 1. The minimum atomic E-state index is -0.798. The summed E-state index contributed by atoms with van der Waals surface area (Å²) in [7, 11) is 0. The number of rotatable bonds is 13. The van der Waals surface area contributed by atoms with Gasteiger partial charge < -0.3 is 14.8 Å². The van der Waals surface area contributed by atoms with Gasteiger partial charge in [0.15, 0.2) is 6.61 Å².